The van der Waals surface area contributed by atoms with Crippen LogP contribution >= 0.6 is 7.92 Å². The summed E-state index contributed by atoms with van der Waals surface area (Å²) in [5.41, 5.74) is 8.25. The van der Waals surface area contributed by atoms with E-state index >= 15 is 0 Å². The van der Waals surface area contributed by atoms with Crippen LogP contribution in [0.1, 0.15) is 36.8 Å². The normalized spacial score (nSPS) is 10.3. The fourth-order valence-electron chi connectivity index (χ4n) is 1.61. The Balaban J connectivity index is 0. The van der Waals surface area contributed by atoms with Crippen molar-refractivity contribution in [1.82, 2.24) is 10.4 Å². The van der Waals surface area contributed by atoms with Crippen LogP contribution in [0.4, 0.5) is 0 Å². The molecule has 6 nitrogen and oxygen atoms in total. The maximum atomic E-state index is 10.5. The van der Waals surface area contributed by atoms with Crippen LogP contribution in [0.25, 0.3) is 5.70 Å². The Morgan fingerprint density at radius 2 is 1.86 bits per heavy atom. The molecule has 8 heteroatoms. The average Bonchev–Trinajstić information content (AvgIpc) is 2.51. The fourth-order valence-corrected chi connectivity index (χ4v) is 3.11. The molecule has 1 rings (SSSR count). The molecule has 0 aromatic carbocycles. The Kier molecular flexibility index (Phi) is 14.6. The Morgan fingerprint density at radius 1 is 1.32 bits per heavy atom. The molecule has 0 aliphatic heterocycles. The number of rotatable bonds is 6. The molecule has 1 heterocycles. The average molecular weight is 509 g/mol. The maximum Gasteiger partial charge on any atom is 1.00 e. The topological polar surface area (TPSA) is 114 Å². The number of nitrogens with two attached hydrogens (primary N) is 2. The molecular weight excluding hydrogens is 484 g/mol. The molecule has 0 atom stereocenters. The number of aromatic carboxylic acids is 1. The summed E-state index contributed by atoms with van der Waals surface area (Å²) < 4.78 is 0. The molecule has 0 fully saturated rings. The zero-order valence-corrected chi connectivity index (χ0v) is 16.3. The molecule has 0 saturated carbocycles. The van der Waals surface area contributed by atoms with E-state index in [1.807, 2.05) is 0 Å². The summed E-state index contributed by atoms with van der Waals surface area (Å²) in [5.74, 6) is 4.09. The molecule has 0 unspecified atom stereocenters. The summed E-state index contributed by atoms with van der Waals surface area (Å²) in [6.07, 6.45) is 7.87. The van der Waals surface area contributed by atoms with Gasteiger partial charge in [-0.05, 0) is 28.7 Å². The molecule has 1 aromatic rings. The van der Waals surface area contributed by atoms with Crippen molar-refractivity contribution in [1.29, 1.82) is 0 Å². The predicted molar refractivity (Wildman–Crippen MR) is 89.3 cm³/mol. The van der Waals surface area contributed by atoms with E-state index in [-0.39, 0.29) is 35.9 Å². The molecule has 0 aliphatic carbocycles. The number of carboxylic acid groups (broad SMARTS) is 1. The van der Waals surface area contributed by atoms with E-state index in [1.165, 1.54) is 36.8 Å². The second-order valence-electron chi connectivity index (χ2n) is 4.21. The molecular formula is C14H25AuN4O2P+. The van der Waals surface area contributed by atoms with Crippen LogP contribution in [0.2, 0.25) is 0 Å². The van der Waals surface area contributed by atoms with Crippen LogP contribution in [0.5, 0.6) is 0 Å². The predicted octanol–water partition coefficient (Wildman–Crippen LogP) is 1.56. The van der Waals surface area contributed by atoms with Crippen molar-refractivity contribution in [2.24, 2.45) is 11.6 Å². The minimum atomic E-state index is -1.04. The van der Waals surface area contributed by atoms with Crippen LogP contribution in [0.15, 0.2) is 18.3 Å². The van der Waals surface area contributed by atoms with E-state index in [2.05, 4.69) is 37.4 Å². The number of carbonyl (C=O) groups is 1. The first-order chi connectivity index (χ1) is 10.0. The first-order valence-electron chi connectivity index (χ1n) is 6.87. The standard InChI is InChI=1S/C8H9N4O2.C6H15P.Au/c9-3-7(12-10)6-2-1-5(4-11-6)8(13)14;1-4-7(5-2)6-3;/h1-2,4,12H,9-10H2,(H,13,14);4-6H2,1-3H3;/q-1;;+1/p+1. The summed E-state index contributed by atoms with van der Waals surface area (Å²) in [4.78, 5) is 14.3. The molecule has 0 bridgehead atoms. The summed E-state index contributed by atoms with van der Waals surface area (Å²) in [6, 6.07) is 2.89. The van der Waals surface area contributed by atoms with Crippen molar-refractivity contribution in [2.75, 3.05) is 18.5 Å². The Bertz CT molecular complexity index is 445. The summed E-state index contributed by atoms with van der Waals surface area (Å²) in [6.45, 7) is 6.92. The van der Waals surface area contributed by atoms with Gasteiger partial charge < -0.3 is 21.2 Å². The second kappa shape index (κ2) is 13.7. The molecule has 1 aromatic heterocycles. The number of hydrazine groups is 1. The van der Waals surface area contributed by atoms with Gasteiger partial charge in [0.05, 0.1) is 24.0 Å². The minimum absolute atomic E-state index is 0. The monoisotopic (exact) mass is 509 g/mol. The van der Waals surface area contributed by atoms with Gasteiger partial charge in [0.15, 0.2) is 0 Å². The van der Waals surface area contributed by atoms with E-state index in [4.69, 9.17) is 16.7 Å². The molecule has 128 valence electrons. The number of nitrogens with zero attached hydrogens (tertiary/aromatic N) is 1. The van der Waals surface area contributed by atoms with Crippen molar-refractivity contribution in [3.05, 3.63) is 35.8 Å². The minimum Gasteiger partial charge on any atom is -0.487 e. The number of carboxylic acids is 1. The van der Waals surface area contributed by atoms with E-state index in [0.717, 1.165) is 0 Å². The molecule has 0 aliphatic rings. The number of hydrogen-bond donors (Lipinski definition) is 4. The van der Waals surface area contributed by atoms with E-state index in [0.29, 0.717) is 11.4 Å². The second-order valence-corrected chi connectivity index (χ2v) is 7.83. The molecule has 0 saturated heterocycles. The Morgan fingerprint density at radius 3 is 2.09 bits per heavy atom. The van der Waals surface area contributed by atoms with E-state index in [1.54, 1.807) is 0 Å². The molecule has 0 spiro atoms. The van der Waals surface area contributed by atoms with Crippen LogP contribution < -0.4 is 17.0 Å². The van der Waals surface area contributed by atoms with Gasteiger partial charge in [-0.1, -0.05) is 17.5 Å². The van der Waals surface area contributed by atoms with Crippen molar-refractivity contribution in [3.8, 4) is 0 Å². The van der Waals surface area contributed by atoms with E-state index < -0.39 is 5.97 Å². The van der Waals surface area contributed by atoms with Gasteiger partial charge >= 0.3 is 28.3 Å². The van der Waals surface area contributed by atoms with Gasteiger partial charge in [0.25, 0.3) is 0 Å². The van der Waals surface area contributed by atoms with Crippen molar-refractivity contribution < 1.29 is 32.3 Å². The van der Waals surface area contributed by atoms with Crippen molar-refractivity contribution in [3.63, 3.8) is 0 Å². The van der Waals surface area contributed by atoms with Gasteiger partial charge in [-0.2, -0.15) is 6.20 Å². The largest absolute Gasteiger partial charge is 1.00 e. The fraction of sp³-hybridized carbons (Fsp3) is 0.429. The summed E-state index contributed by atoms with van der Waals surface area (Å²) in [7, 11) is 0.137. The van der Waals surface area contributed by atoms with Gasteiger partial charge in [-0.15, -0.1) is 6.07 Å². The molecule has 22 heavy (non-hydrogen) atoms. The summed E-state index contributed by atoms with van der Waals surface area (Å²) in [5, 5.41) is 8.60. The summed E-state index contributed by atoms with van der Waals surface area (Å²) >= 11 is 0. The zero-order valence-electron chi connectivity index (χ0n) is 13.1. The van der Waals surface area contributed by atoms with Crippen LogP contribution in [0, 0.1) is 6.20 Å². The first-order valence-corrected chi connectivity index (χ1v) is 8.99. The van der Waals surface area contributed by atoms with Crippen LogP contribution in [-0.2, 0) is 22.4 Å². The number of aromatic nitrogens is 1. The number of hydrogen-bond acceptors (Lipinski definition) is 5. The Hall–Kier alpha value is -0.910. The number of nitrogens with one attached hydrogen (secondary N) is 1. The quantitative estimate of drug-likeness (QED) is 0.116. The zero-order chi connectivity index (χ0) is 16.3. The van der Waals surface area contributed by atoms with Crippen molar-refractivity contribution in [2.45, 2.75) is 20.8 Å². The smallest absolute Gasteiger partial charge is 0.487 e. The van der Waals surface area contributed by atoms with Gasteiger partial charge in [0.2, 0.25) is 0 Å². The number of pyridine rings is 1. The first kappa shape index (κ1) is 23.4. The van der Waals surface area contributed by atoms with Crippen LogP contribution in [-0.4, -0.2) is 34.5 Å². The van der Waals surface area contributed by atoms with Gasteiger partial charge in [-0.25, -0.2) is 4.79 Å². The maximum absolute atomic E-state index is 10.5. The van der Waals surface area contributed by atoms with E-state index in [9.17, 15) is 4.79 Å². The third-order valence-electron chi connectivity index (χ3n) is 3.06. The van der Waals surface area contributed by atoms with Crippen molar-refractivity contribution >= 4 is 19.6 Å². The molecule has 0 amide bonds. The van der Waals surface area contributed by atoms with Gasteiger partial charge in [-0.3, -0.25) is 5.84 Å². The Labute approximate surface area is 149 Å². The van der Waals surface area contributed by atoms with Gasteiger partial charge in [0.1, 0.15) is 0 Å². The third kappa shape index (κ3) is 8.51. The third-order valence-corrected chi connectivity index (χ3v) is 6.06. The SMILES string of the molecule is CC[PH+](CC)CC.N[C-]=C(NN)c1ccc(C(=O)O)cn1.[Au+]. The van der Waals surface area contributed by atoms with Gasteiger partial charge in [0, 0.05) is 6.20 Å². The molecule has 0 radical (unpaired) electrons. The van der Waals surface area contributed by atoms with Crippen LogP contribution in [0.3, 0.4) is 0 Å². The molecule has 6 N–H and O–H groups in total.